The lowest BCUT2D eigenvalue weighted by atomic mass is 9.48. The van der Waals surface area contributed by atoms with E-state index in [0.717, 1.165) is 35.3 Å². The number of rotatable bonds is 4. The first-order chi connectivity index (χ1) is 12.4. The van der Waals surface area contributed by atoms with Gasteiger partial charge in [0, 0.05) is 26.7 Å². The molecular formula is C22H31N3O. The smallest absolute Gasteiger partial charge is 0.310 e. The van der Waals surface area contributed by atoms with E-state index in [9.17, 15) is 4.79 Å². The molecule has 4 aliphatic carbocycles. The number of hydrogen-bond donors (Lipinski definition) is 1. The van der Waals surface area contributed by atoms with E-state index in [-0.39, 0.29) is 5.69 Å². The number of aryl methyl sites for hydroxylation is 2. The van der Waals surface area contributed by atoms with Crippen LogP contribution in [0.1, 0.15) is 51.0 Å². The Balaban J connectivity index is 1.34. The highest BCUT2D eigenvalue weighted by Crippen LogP contribution is 2.61. The van der Waals surface area contributed by atoms with E-state index in [0.29, 0.717) is 11.5 Å². The van der Waals surface area contributed by atoms with E-state index in [4.69, 9.17) is 0 Å². The Hall–Kier alpha value is -1.55. The third kappa shape index (κ3) is 2.41. The van der Waals surface area contributed by atoms with Gasteiger partial charge in [0.1, 0.15) is 0 Å². The minimum absolute atomic E-state index is 0.0482. The average Bonchev–Trinajstić information content (AvgIpc) is 2.82. The Kier molecular flexibility index (Phi) is 3.66. The van der Waals surface area contributed by atoms with Crippen LogP contribution in [0.5, 0.6) is 0 Å². The molecule has 1 N–H and O–H groups in total. The summed E-state index contributed by atoms with van der Waals surface area (Å²) in [7, 11) is 3.71. The van der Waals surface area contributed by atoms with Crippen molar-refractivity contribution in [2.75, 3.05) is 0 Å². The van der Waals surface area contributed by atoms with Crippen molar-refractivity contribution in [2.24, 2.45) is 37.3 Å². The Labute approximate surface area is 155 Å². The summed E-state index contributed by atoms with van der Waals surface area (Å²) in [6, 6.07) is 7.01. The van der Waals surface area contributed by atoms with Crippen LogP contribution < -0.4 is 11.0 Å². The quantitative estimate of drug-likeness (QED) is 0.913. The summed E-state index contributed by atoms with van der Waals surface area (Å²) < 4.78 is 3.48. The van der Waals surface area contributed by atoms with Crippen molar-refractivity contribution < 1.29 is 0 Å². The van der Waals surface area contributed by atoms with Crippen LogP contribution in [0.25, 0.3) is 11.0 Å². The molecule has 4 fully saturated rings. The van der Waals surface area contributed by atoms with Gasteiger partial charge in [-0.25, -0.2) is 4.79 Å². The van der Waals surface area contributed by atoms with Gasteiger partial charge in [-0.1, -0.05) is 6.07 Å². The van der Waals surface area contributed by atoms with Crippen LogP contribution in [0.4, 0.5) is 0 Å². The predicted molar refractivity (Wildman–Crippen MR) is 105 cm³/mol. The fraction of sp³-hybridized carbons (Fsp3) is 0.682. The predicted octanol–water partition coefficient (Wildman–Crippen LogP) is 3.57. The van der Waals surface area contributed by atoms with Gasteiger partial charge in [0.05, 0.1) is 11.0 Å². The molecule has 4 bridgehead atoms. The summed E-state index contributed by atoms with van der Waals surface area (Å²) in [5.74, 6) is 3.00. The third-order valence-corrected chi connectivity index (χ3v) is 7.95. The molecule has 1 atom stereocenters. The maximum absolute atomic E-state index is 12.1. The van der Waals surface area contributed by atoms with Crippen molar-refractivity contribution in [1.29, 1.82) is 0 Å². The SMILES string of the molecule is C[C@@H](NCc1ccc2c(c1)n(C)c(=O)n2C)C12CC3CC(CC(C3)C1)C2. The monoisotopic (exact) mass is 353 g/mol. The van der Waals surface area contributed by atoms with Gasteiger partial charge < -0.3 is 5.32 Å². The van der Waals surface area contributed by atoms with E-state index in [1.165, 1.54) is 44.1 Å². The molecule has 140 valence electrons. The number of imidazole rings is 1. The maximum atomic E-state index is 12.1. The molecule has 0 aliphatic heterocycles. The lowest BCUT2D eigenvalue weighted by Gasteiger charge is -2.59. The molecule has 6 rings (SSSR count). The van der Waals surface area contributed by atoms with Gasteiger partial charge in [0.2, 0.25) is 0 Å². The van der Waals surface area contributed by atoms with E-state index in [1.807, 2.05) is 14.1 Å². The zero-order valence-corrected chi connectivity index (χ0v) is 16.3. The molecule has 4 nitrogen and oxygen atoms in total. The number of fused-ring (bicyclic) bond motifs is 1. The summed E-state index contributed by atoms with van der Waals surface area (Å²) in [5, 5.41) is 3.87. The van der Waals surface area contributed by atoms with E-state index in [1.54, 1.807) is 9.13 Å². The average molecular weight is 354 g/mol. The molecule has 0 spiro atoms. The lowest BCUT2D eigenvalue weighted by molar-refractivity contribution is -0.0706. The fourth-order valence-electron chi connectivity index (χ4n) is 6.86. The van der Waals surface area contributed by atoms with Crippen LogP contribution in [0.3, 0.4) is 0 Å². The number of benzene rings is 1. The number of nitrogens with one attached hydrogen (secondary N) is 1. The highest BCUT2D eigenvalue weighted by Gasteiger charge is 2.52. The number of nitrogens with zero attached hydrogens (tertiary/aromatic N) is 2. The molecule has 1 aromatic heterocycles. The van der Waals surface area contributed by atoms with E-state index < -0.39 is 0 Å². The second-order valence-corrected chi connectivity index (χ2v) is 9.61. The van der Waals surface area contributed by atoms with Crippen LogP contribution in [-0.4, -0.2) is 15.2 Å². The molecule has 0 saturated heterocycles. The Morgan fingerprint density at radius 3 is 2.23 bits per heavy atom. The zero-order chi connectivity index (χ0) is 18.1. The summed E-state index contributed by atoms with van der Waals surface area (Å²) in [6.45, 7) is 3.31. The number of aromatic nitrogens is 2. The fourth-order valence-corrected chi connectivity index (χ4v) is 6.86. The topological polar surface area (TPSA) is 39.0 Å². The van der Waals surface area contributed by atoms with Crippen LogP contribution >= 0.6 is 0 Å². The highest BCUT2D eigenvalue weighted by atomic mass is 16.1. The highest BCUT2D eigenvalue weighted by molar-refractivity contribution is 5.76. The first-order valence-electron chi connectivity index (χ1n) is 10.3. The van der Waals surface area contributed by atoms with Gasteiger partial charge in [-0.15, -0.1) is 0 Å². The molecular weight excluding hydrogens is 322 g/mol. The van der Waals surface area contributed by atoms with E-state index in [2.05, 4.69) is 30.4 Å². The summed E-state index contributed by atoms with van der Waals surface area (Å²) in [6.07, 6.45) is 8.85. The summed E-state index contributed by atoms with van der Waals surface area (Å²) in [5.41, 5.74) is 3.90. The van der Waals surface area contributed by atoms with Gasteiger partial charge in [0.15, 0.2) is 0 Å². The Morgan fingerprint density at radius 2 is 1.62 bits per heavy atom. The van der Waals surface area contributed by atoms with Gasteiger partial charge >= 0.3 is 5.69 Å². The minimum Gasteiger partial charge on any atom is -0.310 e. The van der Waals surface area contributed by atoms with Crippen molar-refractivity contribution in [2.45, 2.75) is 58.0 Å². The van der Waals surface area contributed by atoms with Crippen LogP contribution in [-0.2, 0) is 20.6 Å². The molecule has 4 saturated carbocycles. The van der Waals surface area contributed by atoms with Crippen molar-refractivity contribution >= 4 is 11.0 Å². The van der Waals surface area contributed by atoms with Crippen LogP contribution in [0.2, 0.25) is 0 Å². The summed E-state index contributed by atoms with van der Waals surface area (Å²) in [4.78, 5) is 12.1. The second-order valence-electron chi connectivity index (χ2n) is 9.61. The van der Waals surface area contributed by atoms with Crippen LogP contribution in [0.15, 0.2) is 23.0 Å². The normalized spacial score (nSPS) is 33.9. The molecule has 4 heteroatoms. The third-order valence-electron chi connectivity index (χ3n) is 7.95. The minimum atomic E-state index is 0.0482. The molecule has 0 radical (unpaired) electrons. The van der Waals surface area contributed by atoms with Crippen LogP contribution in [0, 0.1) is 23.2 Å². The molecule has 1 heterocycles. The van der Waals surface area contributed by atoms with Crippen molar-refractivity contribution in [3.63, 3.8) is 0 Å². The Morgan fingerprint density at radius 1 is 1.04 bits per heavy atom. The Bertz CT molecular complexity index is 871. The van der Waals surface area contributed by atoms with Crippen molar-refractivity contribution in [3.8, 4) is 0 Å². The molecule has 26 heavy (non-hydrogen) atoms. The van der Waals surface area contributed by atoms with Crippen molar-refractivity contribution in [1.82, 2.24) is 14.5 Å². The van der Waals surface area contributed by atoms with Gasteiger partial charge in [-0.05, 0) is 86.3 Å². The molecule has 0 amide bonds. The molecule has 0 unspecified atom stereocenters. The summed E-state index contributed by atoms with van der Waals surface area (Å²) >= 11 is 0. The lowest BCUT2D eigenvalue weighted by Crippen LogP contribution is -2.54. The van der Waals surface area contributed by atoms with Gasteiger partial charge in [-0.2, -0.15) is 0 Å². The standard InChI is InChI=1S/C22H31N3O/c1-14(22-10-16-6-17(11-22)8-18(7-16)12-22)23-13-15-4-5-19-20(9-15)25(3)21(26)24(19)2/h4-5,9,14,16-18,23H,6-8,10-13H2,1-3H3/t14-,16?,17?,18?,22?/m1/s1. The zero-order valence-electron chi connectivity index (χ0n) is 16.3. The first kappa shape index (κ1) is 16.6. The maximum Gasteiger partial charge on any atom is 0.328 e. The van der Waals surface area contributed by atoms with E-state index >= 15 is 0 Å². The van der Waals surface area contributed by atoms with Crippen molar-refractivity contribution in [3.05, 3.63) is 34.2 Å². The molecule has 1 aromatic carbocycles. The molecule has 2 aromatic rings. The van der Waals surface area contributed by atoms with Gasteiger partial charge in [-0.3, -0.25) is 9.13 Å². The molecule has 4 aliphatic rings. The first-order valence-corrected chi connectivity index (χ1v) is 10.3. The second kappa shape index (κ2) is 5.72. The van der Waals surface area contributed by atoms with Gasteiger partial charge in [0.25, 0.3) is 0 Å². The largest absolute Gasteiger partial charge is 0.328 e. The number of hydrogen-bond acceptors (Lipinski definition) is 2.